The fourth-order valence-corrected chi connectivity index (χ4v) is 2.43. The Morgan fingerprint density at radius 1 is 1.52 bits per heavy atom. The second-order valence-corrected chi connectivity index (χ2v) is 6.68. The van der Waals surface area contributed by atoms with Gasteiger partial charge in [-0.25, -0.2) is 4.79 Å². The molecule has 1 amide bonds. The lowest BCUT2D eigenvalue weighted by molar-refractivity contribution is 0.0229. The maximum Gasteiger partial charge on any atom is 0.410 e. The molecule has 1 saturated heterocycles. The number of aromatic amines is 1. The minimum atomic E-state index is -0.437. The highest BCUT2D eigenvalue weighted by Crippen LogP contribution is 2.22. The zero-order valence-electron chi connectivity index (χ0n) is 13.4. The third-order valence-corrected chi connectivity index (χ3v) is 3.58. The first-order chi connectivity index (χ1) is 9.85. The summed E-state index contributed by atoms with van der Waals surface area (Å²) in [5.74, 6) is 0.384. The number of amides is 1. The minimum Gasteiger partial charge on any atom is -0.444 e. The lowest BCUT2D eigenvalue weighted by Gasteiger charge is -2.24. The summed E-state index contributed by atoms with van der Waals surface area (Å²) in [6, 6.07) is 3.99. The molecule has 5 nitrogen and oxygen atoms in total. The van der Waals surface area contributed by atoms with Crippen LogP contribution in [0.2, 0.25) is 0 Å². The summed E-state index contributed by atoms with van der Waals surface area (Å²) in [5.41, 5.74) is 0.644. The lowest BCUT2D eigenvalue weighted by atomic mass is 10.1. The highest BCUT2D eigenvalue weighted by molar-refractivity contribution is 5.68. The van der Waals surface area contributed by atoms with Gasteiger partial charge in [-0.2, -0.15) is 0 Å². The topological polar surface area (TPSA) is 54.6 Å². The molecule has 5 heteroatoms. The zero-order valence-corrected chi connectivity index (χ0v) is 13.4. The average molecular weight is 294 g/mol. The van der Waals surface area contributed by atoms with Crippen LogP contribution in [0.4, 0.5) is 4.79 Å². The Bertz CT molecular complexity index is 451. The molecule has 1 aromatic rings. The fraction of sp³-hybridized carbons (Fsp3) is 0.688. The summed E-state index contributed by atoms with van der Waals surface area (Å²) in [6.45, 7) is 9.83. The molecule has 1 N–H and O–H groups in total. The van der Waals surface area contributed by atoms with Crippen molar-refractivity contribution in [3.8, 4) is 0 Å². The molecule has 1 fully saturated rings. The van der Waals surface area contributed by atoms with E-state index >= 15 is 0 Å². The van der Waals surface area contributed by atoms with Crippen LogP contribution in [0.15, 0.2) is 18.3 Å². The van der Waals surface area contributed by atoms with Crippen LogP contribution in [0.5, 0.6) is 0 Å². The molecule has 21 heavy (non-hydrogen) atoms. The van der Waals surface area contributed by atoms with E-state index in [1.165, 1.54) is 0 Å². The molecule has 0 aliphatic carbocycles. The van der Waals surface area contributed by atoms with Crippen molar-refractivity contribution in [2.45, 2.75) is 45.8 Å². The molecule has 2 rings (SSSR count). The second kappa shape index (κ2) is 6.52. The predicted molar refractivity (Wildman–Crippen MR) is 81.1 cm³/mol. The van der Waals surface area contributed by atoms with Gasteiger partial charge < -0.3 is 19.4 Å². The van der Waals surface area contributed by atoms with Crippen LogP contribution in [0.3, 0.4) is 0 Å². The quantitative estimate of drug-likeness (QED) is 0.926. The van der Waals surface area contributed by atoms with Gasteiger partial charge in [0.05, 0.1) is 12.7 Å². The summed E-state index contributed by atoms with van der Waals surface area (Å²) in [4.78, 5) is 16.9. The van der Waals surface area contributed by atoms with Gasteiger partial charge in [0.25, 0.3) is 0 Å². The highest BCUT2D eigenvalue weighted by atomic mass is 16.6. The van der Waals surface area contributed by atoms with Crippen LogP contribution in [0.25, 0.3) is 0 Å². The van der Waals surface area contributed by atoms with E-state index in [9.17, 15) is 4.79 Å². The summed E-state index contributed by atoms with van der Waals surface area (Å²) in [5, 5.41) is 0. The lowest BCUT2D eigenvalue weighted by Crippen LogP contribution is -2.35. The Hall–Kier alpha value is -1.49. The van der Waals surface area contributed by atoms with E-state index in [0.717, 1.165) is 18.7 Å². The molecule has 0 radical (unpaired) electrons. The Labute approximate surface area is 126 Å². The smallest absolute Gasteiger partial charge is 0.410 e. The fourth-order valence-electron chi connectivity index (χ4n) is 2.43. The number of carbonyl (C=O) groups is 1. The average Bonchev–Trinajstić information content (AvgIpc) is 3.05. The van der Waals surface area contributed by atoms with Gasteiger partial charge in [0, 0.05) is 30.9 Å². The van der Waals surface area contributed by atoms with E-state index in [1.807, 2.05) is 46.0 Å². The molecule has 0 unspecified atom stereocenters. The molecule has 0 spiro atoms. The summed E-state index contributed by atoms with van der Waals surface area (Å²) in [7, 11) is 0. The third kappa shape index (κ3) is 4.77. The number of carbonyl (C=O) groups excluding carboxylic acids is 1. The first-order valence-corrected chi connectivity index (χ1v) is 7.58. The van der Waals surface area contributed by atoms with Crippen LogP contribution in [0.1, 0.15) is 45.9 Å². The number of H-pyrrole nitrogens is 1. The number of hydrogen-bond donors (Lipinski definition) is 1. The van der Waals surface area contributed by atoms with Crippen molar-refractivity contribution in [2.75, 3.05) is 19.7 Å². The summed E-state index contributed by atoms with van der Waals surface area (Å²) in [6.07, 6.45) is 2.70. The molecular weight excluding hydrogens is 268 g/mol. The van der Waals surface area contributed by atoms with Gasteiger partial charge in [-0.05, 0) is 46.2 Å². The molecule has 2 heterocycles. The van der Waals surface area contributed by atoms with Gasteiger partial charge in [-0.1, -0.05) is 0 Å². The molecule has 1 aliphatic rings. The molecule has 118 valence electrons. The number of likely N-dealkylation sites (tertiary alicyclic amines) is 1. The Morgan fingerprint density at radius 2 is 2.29 bits per heavy atom. The molecule has 0 aromatic carbocycles. The molecule has 2 atom stereocenters. The van der Waals surface area contributed by atoms with E-state index < -0.39 is 5.60 Å². The molecular formula is C16H26N2O3. The number of ether oxygens (including phenoxy) is 2. The molecule has 1 aromatic heterocycles. The Kier molecular flexibility index (Phi) is 4.93. The number of rotatable bonds is 4. The van der Waals surface area contributed by atoms with Crippen LogP contribution >= 0.6 is 0 Å². The summed E-state index contributed by atoms with van der Waals surface area (Å²) >= 11 is 0. The van der Waals surface area contributed by atoms with Crippen molar-refractivity contribution < 1.29 is 14.3 Å². The predicted octanol–water partition coefficient (Wildman–Crippen LogP) is 3.35. The minimum absolute atomic E-state index is 0.0515. The zero-order chi connectivity index (χ0) is 15.5. The van der Waals surface area contributed by atoms with Crippen molar-refractivity contribution in [3.63, 3.8) is 0 Å². The summed E-state index contributed by atoms with van der Waals surface area (Å²) < 4.78 is 11.3. The van der Waals surface area contributed by atoms with E-state index in [1.54, 1.807) is 4.90 Å². The van der Waals surface area contributed by atoms with Crippen LogP contribution in [-0.4, -0.2) is 41.3 Å². The highest BCUT2D eigenvalue weighted by Gasteiger charge is 2.30. The van der Waals surface area contributed by atoms with Crippen molar-refractivity contribution in [1.82, 2.24) is 9.88 Å². The number of aromatic nitrogens is 1. The molecule has 0 saturated carbocycles. The Morgan fingerprint density at radius 3 is 2.90 bits per heavy atom. The van der Waals surface area contributed by atoms with Crippen LogP contribution in [0, 0.1) is 5.92 Å². The molecule has 1 aliphatic heterocycles. The number of nitrogens with zero attached hydrogens (tertiary/aromatic N) is 1. The van der Waals surface area contributed by atoms with Gasteiger partial charge in [-0.15, -0.1) is 0 Å². The van der Waals surface area contributed by atoms with Crippen molar-refractivity contribution in [1.29, 1.82) is 0 Å². The maximum absolute atomic E-state index is 12.0. The monoisotopic (exact) mass is 294 g/mol. The standard InChI is InChI=1S/C16H26N2O3/c1-12(14-6-5-8-17-14)20-11-13-7-9-18(10-13)15(19)21-16(2,3)4/h5-6,8,12-13,17H,7,9-11H2,1-4H3/t12-,13-/m0/s1. The van der Waals surface area contributed by atoms with E-state index in [0.29, 0.717) is 19.1 Å². The third-order valence-electron chi connectivity index (χ3n) is 3.58. The van der Waals surface area contributed by atoms with Crippen LogP contribution in [-0.2, 0) is 9.47 Å². The second-order valence-electron chi connectivity index (χ2n) is 6.68. The first-order valence-electron chi connectivity index (χ1n) is 7.58. The Balaban J connectivity index is 1.74. The number of nitrogens with one attached hydrogen (secondary N) is 1. The maximum atomic E-state index is 12.0. The van der Waals surface area contributed by atoms with E-state index in [-0.39, 0.29) is 12.2 Å². The van der Waals surface area contributed by atoms with Gasteiger partial charge >= 0.3 is 6.09 Å². The normalized spacial score (nSPS) is 20.6. The SMILES string of the molecule is C[C@H](OC[C@H]1CCN(C(=O)OC(C)(C)C)C1)c1ccc[nH]1. The van der Waals surface area contributed by atoms with Gasteiger partial charge in [0.15, 0.2) is 0 Å². The van der Waals surface area contributed by atoms with Crippen molar-refractivity contribution >= 4 is 6.09 Å². The van der Waals surface area contributed by atoms with Crippen LogP contribution < -0.4 is 0 Å². The van der Waals surface area contributed by atoms with Gasteiger partial charge in [0.2, 0.25) is 0 Å². The first kappa shape index (κ1) is 15.9. The molecule has 0 bridgehead atoms. The van der Waals surface area contributed by atoms with Gasteiger partial charge in [0.1, 0.15) is 5.60 Å². The number of hydrogen-bond acceptors (Lipinski definition) is 3. The largest absolute Gasteiger partial charge is 0.444 e. The van der Waals surface area contributed by atoms with E-state index in [2.05, 4.69) is 4.98 Å². The van der Waals surface area contributed by atoms with Gasteiger partial charge in [-0.3, -0.25) is 0 Å². The van der Waals surface area contributed by atoms with E-state index in [4.69, 9.17) is 9.47 Å². The van der Waals surface area contributed by atoms with Crippen molar-refractivity contribution in [2.24, 2.45) is 5.92 Å². The van der Waals surface area contributed by atoms with Crippen molar-refractivity contribution in [3.05, 3.63) is 24.0 Å².